The van der Waals surface area contributed by atoms with Gasteiger partial charge in [-0.15, -0.1) is 13.2 Å². The minimum Gasteiger partial charge on any atom is -0.317 e. The molecule has 80 valence electrons. The van der Waals surface area contributed by atoms with Gasteiger partial charge in [0.15, 0.2) is 0 Å². The van der Waals surface area contributed by atoms with E-state index in [9.17, 15) is 13.2 Å². The maximum absolute atomic E-state index is 11.3. The second-order valence-electron chi connectivity index (χ2n) is 2.19. The van der Waals surface area contributed by atoms with Crippen LogP contribution in [0.3, 0.4) is 0 Å². The molecule has 0 heterocycles. The van der Waals surface area contributed by atoms with Crippen LogP contribution in [-0.2, 0) is 9.68 Å². The Morgan fingerprint density at radius 1 is 1.31 bits per heavy atom. The van der Waals surface area contributed by atoms with Gasteiger partial charge in [-0.25, -0.2) is 0 Å². The highest BCUT2D eigenvalue weighted by Gasteiger charge is 2.29. The highest BCUT2D eigenvalue weighted by atomic mass is 19.4. The van der Waals surface area contributed by atoms with Crippen LogP contribution in [0.4, 0.5) is 13.2 Å². The van der Waals surface area contributed by atoms with E-state index < -0.39 is 6.36 Å². The van der Waals surface area contributed by atoms with Crippen LogP contribution in [0.5, 0.6) is 0 Å². The maximum Gasteiger partial charge on any atom is 0.540 e. The van der Waals surface area contributed by atoms with Crippen molar-refractivity contribution in [2.75, 3.05) is 19.7 Å². The van der Waals surface area contributed by atoms with Gasteiger partial charge in [-0.3, -0.25) is 4.84 Å². The highest BCUT2D eigenvalue weighted by Crippen LogP contribution is 2.13. The second kappa shape index (κ2) is 7.07. The van der Waals surface area contributed by atoms with Crippen molar-refractivity contribution in [3.05, 3.63) is 0 Å². The molecule has 0 aliphatic heterocycles. The number of alkyl halides is 3. The lowest BCUT2D eigenvalue weighted by atomic mass is 10.4. The van der Waals surface area contributed by atoms with Gasteiger partial charge in [0.05, 0.1) is 6.61 Å². The summed E-state index contributed by atoms with van der Waals surface area (Å²) in [6.45, 7) is 3.62. The number of halogens is 3. The predicted molar refractivity (Wildman–Crippen MR) is 39.4 cm³/mol. The average molecular weight is 202 g/mol. The molecule has 0 fully saturated rings. The van der Waals surface area contributed by atoms with Gasteiger partial charge in [0.1, 0.15) is 0 Å². The van der Waals surface area contributed by atoms with Gasteiger partial charge in [0, 0.05) is 0 Å². The van der Waals surface area contributed by atoms with Gasteiger partial charge < -0.3 is 5.32 Å². The van der Waals surface area contributed by atoms with Crippen molar-refractivity contribution in [3.8, 4) is 0 Å². The summed E-state index contributed by atoms with van der Waals surface area (Å²) < 4.78 is 33.9. The molecule has 13 heavy (non-hydrogen) atoms. The van der Waals surface area contributed by atoms with E-state index in [1.165, 1.54) is 5.64 Å². The molecular formula is C6H13F3N2O2. The minimum atomic E-state index is -4.71. The van der Waals surface area contributed by atoms with Gasteiger partial charge in [-0.05, 0) is 19.5 Å². The molecule has 0 amide bonds. The Hall–Kier alpha value is -0.370. The first-order chi connectivity index (χ1) is 6.06. The number of hydrogen-bond donors (Lipinski definition) is 2. The molecule has 4 nitrogen and oxygen atoms in total. The van der Waals surface area contributed by atoms with E-state index in [0.717, 1.165) is 6.54 Å². The van der Waals surface area contributed by atoms with Crippen LogP contribution in [0.25, 0.3) is 0 Å². The molecule has 7 heteroatoms. The Labute approximate surface area is 74.3 Å². The van der Waals surface area contributed by atoms with Crippen molar-refractivity contribution >= 4 is 0 Å². The Kier molecular flexibility index (Phi) is 6.87. The van der Waals surface area contributed by atoms with E-state index in [1.54, 1.807) is 0 Å². The molecule has 0 aliphatic carbocycles. The average Bonchev–Trinajstić information content (AvgIpc) is 2.01. The fraction of sp³-hybridized carbons (Fsp3) is 1.00. The molecule has 0 aromatic carbocycles. The quantitative estimate of drug-likeness (QED) is 0.476. The lowest BCUT2D eigenvalue weighted by Crippen LogP contribution is -2.27. The van der Waals surface area contributed by atoms with Crippen LogP contribution in [0.15, 0.2) is 0 Å². The van der Waals surface area contributed by atoms with Crippen LogP contribution in [0, 0.1) is 0 Å². The zero-order chi connectivity index (χ0) is 10.2. The molecule has 0 spiro atoms. The lowest BCUT2D eigenvalue weighted by Gasteiger charge is -2.07. The highest BCUT2D eigenvalue weighted by molar-refractivity contribution is 4.40. The van der Waals surface area contributed by atoms with Gasteiger partial charge in [-0.1, -0.05) is 12.6 Å². The van der Waals surface area contributed by atoms with Crippen LogP contribution in [0.2, 0.25) is 0 Å². The van der Waals surface area contributed by atoms with E-state index in [2.05, 4.69) is 15.0 Å². The molecule has 0 rings (SSSR count). The van der Waals surface area contributed by atoms with Crippen molar-refractivity contribution in [2.24, 2.45) is 0 Å². The van der Waals surface area contributed by atoms with E-state index in [0.29, 0.717) is 13.0 Å². The van der Waals surface area contributed by atoms with Crippen molar-refractivity contribution in [3.63, 3.8) is 0 Å². The minimum absolute atomic E-state index is 0.156. The summed E-state index contributed by atoms with van der Waals surface area (Å²) >= 11 is 0. The second-order valence-corrected chi connectivity index (χ2v) is 2.19. The Morgan fingerprint density at radius 2 is 2.00 bits per heavy atom. The summed E-state index contributed by atoms with van der Waals surface area (Å²) in [6, 6.07) is 0. The van der Waals surface area contributed by atoms with Crippen LogP contribution >= 0.6 is 0 Å². The standard InChI is InChI=1S/C6H13F3N2O2/c1-2-10-4-3-5-12-11-13-6(7,8)9/h10-11H,2-5H2,1H3. The number of nitrogens with one attached hydrogen (secondary N) is 2. The Bertz CT molecular complexity index is 121. The molecule has 0 atom stereocenters. The molecule has 0 bridgehead atoms. The van der Waals surface area contributed by atoms with Crippen molar-refractivity contribution in [1.29, 1.82) is 0 Å². The molecular weight excluding hydrogens is 189 g/mol. The van der Waals surface area contributed by atoms with Gasteiger partial charge in [0.25, 0.3) is 0 Å². The predicted octanol–water partition coefficient (Wildman–Crippen LogP) is 0.959. The largest absolute Gasteiger partial charge is 0.540 e. The smallest absolute Gasteiger partial charge is 0.317 e. The first-order valence-corrected chi connectivity index (χ1v) is 3.88. The fourth-order valence-corrected chi connectivity index (χ4v) is 0.564. The van der Waals surface area contributed by atoms with Gasteiger partial charge in [0.2, 0.25) is 0 Å². The summed E-state index contributed by atoms with van der Waals surface area (Å²) in [7, 11) is 0. The Morgan fingerprint density at radius 3 is 2.54 bits per heavy atom. The maximum atomic E-state index is 11.3. The van der Waals surface area contributed by atoms with E-state index >= 15 is 0 Å². The van der Waals surface area contributed by atoms with Gasteiger partial charge in [-0.2, -0.15) is 4.84 Å². The lowest BCUT2D eigenvalue weighted by molar-refractivity contribution is -0.394. The molecule has 0 saturated heterocycles. The normalized spacial score (nSPS) is 12.0. The third-order valence-electron chi connectivity index (χ3n) is 1.07. The molecule has 0 aromatic heterocycles. The van der Waals surface area contributed by atoms with Crippen LogP contribution in [-0.4, -0.2) is 26.1 Å². The zero-order valence-electron chi connectivity index (χ0n) is 7.28. The molecule has 2 N–H and O–H groups in total. The first-order valence-electron chi connectivity index (χ1n) is 3.88. The number of rotatable bonds is 7. The summed E-state index contributed by atoms with van der Waals surface area (Å²) in [4.78, 5) is 7.47. The zero-order valence-corrected chi connectivity index (χ0v) is 7.28. The van der Waals surface area contributed by atoms with E-state index in [4.69, 9.17) is 0 Å². The fourth-order valence-electron chi connectivity index (χ4n) is 0.564. The summed E-state index contributed by atoms with van der Waals surface area (Å²) in [6.07, 6.45) is -4.09. The van der Waals surface area contributed by atoms with Crippen molar-refractivity contribution in [2.45, 2.75) is 19.7 Å². The monoisotopic (exact) mass is 202 g/mol. The van der Waals surface area contributed by atoms with Crippen LogP contribution < -0.4 is 11.0 Å². The topological polar surface area (TPSA) is 42.5 Å². The van der Waals surface area contributed by atoms with E-state index in [1.807, 2.05) is 6.92 Å². The first kappa shape index (κ1) is 12.6. The van der Waals surface area contributed by atoms with E-state index in [-0.39, 0.29) is 6.61 Å². The summed E-state index contributed by atoms with van der Waals surface area (Å²) in [5, 5.41) is 2.98. The number of hydrogen-bond acceptors (Lipinski definition) is 4. The van der Waals surface area contributed by atoms with Gasteiger partial charge >= 0.3 is 6.36 Å². The molecule has 0 radical (unpaired) electrons. The molecule has 0 aliphatic rings. The van der Waals surface area contributed by atoms with Crippen molar-refractivity contribution in [1.82, 2.24) is 11.0 Å². The van der Waals surface area contributed by atoms with Crippen LogP contribution in [0.1, 0.15) is 13.3 Å². The third kappa shape index (κ3) is 11.6. The SMILES string of the molecule is CCNCCCONOC(F)(F)F. The Balaban J connectivity index is 3.00. The molecule has 0 unspecified atom stereocenters. The molecule has 0 saturated carbocycles. The summed E-state index contributed by atoms with van der Waals surface area (Å²) in [5.41, 5.74) is 1.35. The molecule has 0 aromatic rings. The summed E-state index contributed by atoms with van der Waals surface area (Å²) in [5.74, 6) is 0. The third-order valence-corrected chi connectivity index (χ3v) is 1.07. The van der Waals surface area contributed by atoms with Crippen molar-refractivity contribution < 1.29 is 22.8 Å².